The number of carbonyl (C=O) groups excluding carboxylic acids is 2. The molecule has 2 rings (SSSR count). The number of nitrogens with zero attached hydrogens (tertiary/aromatic N) is 2. The van der Waals surface area contributed by atoms with Crippen LogP contribution in [-0.4, -0.2) is 67.0 Å². The molecule has 3 atom stereocenters. The molecule has 2 amide bonds. The number of ether oxygens (including phenoxy) is 1. The topological polar surface area (TPSA) is 75.9 Å². The second kappa shape index (κ2) is 8.70. The summed E-state index contributed by atoms with van der Waals surface area (Å²) in [4.78, 5) is 28.4. The van der Waals surface area contributed by atoms with Crippen molar-refractivity contribution < 1.29 is 14.3 Å². The molecule has 0 spiro atoms. The average Bonchev–Trinajstić information content (AvgIpc) is 2.85. The van der Waals surface area contributed by atoms with Gasteiger partial charge < -0.3 is 20.3 Å². The summed E-state index contributed by atoms with van der Waals surface area (Å²) in [6.45, 7) is 4.33. The highest BCUT2D eigenvalue weighted by molar-refractivity contribution is 5.89. The van der Waals surface area contributed by atoms with E-state index in [1.54, 1.807) is 12.0 Å². The molecule has 2 heterocycles. The Balaban J connectivity index is 0.00000242. The van der Waals surface area contributed by atoms with Gasteiger partial charge in [-0.3, -0.25) is 9.59 Å². The first-order chi connectivity index (χ1) is 10.0. The molecule has 2 saturated heterocycles. The summed E-state index contributed by atoms with van der Waals surface area (Å²) >= 11 is 0. The number of piperidine rings is 1. The molecule has 0 bridgehead atoms. The number of carbonyl (C=O) groups is 2. The van der Waals surface area contributed by atoms with Gasteiger partial charge in [0.15, 0.2) is 0 Å². The monoisotopic (exact) mass is 333 g/mol. The maximum atomic E-state index is 12.7. The standard InChI is InChI=1S/C15H27N3O3.ClH/c1-11(16)13-5-3-4-6-18(13)15(20)12-9-14(19)17(10-12)7-8-21-2;/h11-13H,3-10,16H2,1-2H3;1H. The smallest absolute Gasteiger partial charge is 0.228 e. The highest BCUT2D eigenvalue weighted by Crippen LogP contribution is 2.25. The van der Waals surface area contributed by atoms with Crippen molar-refractivity contribution in [3.8, 4) is 0 Å². The Morgan fingerprint density at radius 2 is 2.18 bits per heavy atom. The third-order valence-corrected chi connectivity index (χ3v) is 4.57. The maximum Gasteiger partial charge on any atom is 0.228 e. The van der Waals surface area contributed by atoms with Crippen molar-refractivity contribution in [3.05, 3.63) is 0 Å². The number of likely N-dealkylation sites (tertiary alicyclic amines) is 2. The van der Waals surface area contributed by atoms with Crippen molar-refractivity contribution in [1.82, 2.24) is 9.80 Å². The van der Waals surface area contributed by atoms with Gasteiger partial charge in [0.25, 0.3) is 0 Å². The van der Waals surface area contributed by atoms with Crippen LogP contribution < -0.4 is 5.73 Å². The zero-order valence-electron chi connectivity index (χ0n) is 13.5. The molecular weight excluding hydrogens is 306 g/mol. The summed E-state index contributed by atoms with van der Waals surface area (Å²) in [6, 6.07) is 0.102. The molecule has 2 aliphatic rings. The van der Waals surface area contributed by atoms with Gasteiger partial charge in [-0.25, -0.2) is 0 Å². The van der Waals surface area contributed by atoms with Crippen molar-refractivity contribution in [2.45, 2.75) is 44.7 Å². The van der Waals surface area contributed by atoms with E-state index in [2.05, 4.69) is 0 Å². The first kappa shape index (κ1) is 19.2. The molecule has 0 aromatic rings. The zero-order chi connectivity index (χ0) is 15.4. The Morgan fingerprint density at radius 3 is 2.82 bits per heavy atom. The van der Waals surface area contributed by atoms with Crippen LogP contribution in [0.25, 0.3) is 0 Å². The fourth-order valence-electron chi connectivity index (χ4n) is 3.37. The molecular formula is C15H28ClN3O3. The summed E-state index contributed by atoms with van der Waals surface area (Å²) in [7, 11) is 1.62. The molecule has 2 N–H and O–H groups in total. The Labute approximate surface area is 138 Å². The molecule has 6 nitrogen and oxygen atoms in total. The average molecular weight is 334 g/mol. The predicted molar refractivity (Wildman–Crippen MR) is 86.8 cm³/mol. The largest absolute Gasteiger partial charge is 0.383 e. The first-order valence-electron chi connectivity index (χ1n) is 7.87. The number of amides is 2. The third kappa shape index (κ3) is 4.33. The fraction of sp³-hybridized carbons (Fsp3) is 0.867. The second-order valence-corrected chi connectivity index (χ2v) is 6.19. The van der Waals surface area contributed by atoms with Crippen molar-refractivity contribution in [2.24, 2.45) is 11.7 Å². The fourth-order valence-corrected chi connectivity index (χ4v) is 3.37. The number of halogens is 1. The quantitative estimate of drug-likeness (QED) is 0.800. The van der Waals surface area contributed by atoms with Gasteiger partial charge in [-0.05, 0) is 26.2 Å². The lowest BCUT2D eigenvalue weighted by Crippen LogP contribution is -2.53. The van der Waals surface area contributed by atoms with E-state index < -0.39 is 0 Å². The molecule has 22 heavy (non-hydrogen) atoms. The molecule has 0 aromatic heterocycles. The molecule has 2 fully saturated rings. The molecule has 0 aliphatic carbocycles. The first-order valence-corrected chi connectivity index (χ1v) is 7.87. The summed E-state index contributed by atoms with van der Waals surface area (Å²) in [5.41, 5.74) is 6.03. The van der Waals surface area contributed by atoms with Gasteiger partial charge in [-0.2, -0.15) is 0 Å². The van der Waals surface area contributed by atoms with Crippen LogP contribution in [0.1, 0.15) is 32.6 Å². The highest BCUT2D eigenvalue weighted by atomic mass is 35.5. The number of hydrogen-bond acceptors (Lipinski definition) is 4. The van der Waals surface area contributed by atoms with Gasteiger partial charge >= 0.3 is 0 Å². The van der Waals surface area contributed by atoms with E-state index in [1.807, 2.05) is 11.8 Å². The Bertz CT molecular complexity index is 392. The molecule has 128 valence electrons. The Hall–Kier alpha value is -0.850. The summed E-state index contributed by atoms with van der Waals surface area (Å²) < 4.78 is 5.01. The van der Waals surface area contributed by atoms with Crippen molar-refractivity contribution >= 4 is 24.2 Å². The molecule has 0 radical (unpaired) electrons. The Kier molecular flexibility index (Phi) is 7.59. The van der Waals surface area contributed by atoms with Crippen LogP contribution in [0.5, 0.6) is 0 Å². The normalized spacial score (nSPS) is 26.8. The minimum Gasteiger partial charge on any atom is -0.383 e. The summed E-state index contributed by atoms with van der Waals surface area (Å²) in [6.07, 6.45) is 3.45. The number of methoxy groups -OCH3 is 1. The van der Waals surface area contributed by atoms with E-state index in [-0.39, 0.29) is 42.2 Å². The van der Waals surface area contributed by atoms with Crippen molar-refractivity contribution in [1.29, 1.82) is 0 Å². The van der Waals surface area contributed by atoms with Gasteiger partial charge in [0.2, 0.25) is 11.8 Å². The van der Waals surface area contributed by atoms with Crippen molar-refractivity contribution in [2.75, 3.05) is 33.4 Å². The van der Waals surface area contributed by atoms with E-state index in [9.17, 15) is 9.59 Å². The van der Waals surface area contributed by atoms with Crippen molar-refractivity contribution in [3.63, 3.8) is 0 Å². The molecule has 2 aliphatic heterocycles. The Morgan fingerprint density at radius 1 is 1.45 bits per heavy atom. The number of rotatable bonds is 5. The van der Waals surface area contributed by atoms with E-state index >= 15 is 0 Å². The highest BCUT2D eigenvalue weighted by Gasteiger charge is 2.39. The van der Waals surface area contributed by atoms with Crippen LogP contribution in [0.4, 0.5) is 0 Å². The van der Waals surface area contributed by atoms with E-state index in [4.69, 9.17) is 10.5 Å². The zero-order valence-corrected chi connectivity index (χ0v) is 14.3. The number of hydrogen-bond donors (Lipinski definition) is 1. The van der Waals surface area contributed by atoms with Crippen LogP contribution in [-0.2, 0) is 14.3 Å². The van der Waals surface area contributed by atoms with Crippen LogP contribution >= 0.6 is 12.4 Å². The maximum absolute atomic E-state index is 12.7. The second-order valence-electron chi connectivity index (χ2n) is 6.19. The lowest BCUT2D eigenvalue weighted by Gasteiger charge is -2.39. The van der Waals surface area contributed by atoms with E-state index in [0.29, 0.717) is 26.1 Å². The lowest BCUT2D eigenvalue weighted by molar-refractivity contribution is -0.139. The van der Waals surface area contributed by atoms with Gasteiger partial charge in [0.05, 0.1) is 12.5 Å². The molecule has 0 aromatic carbocycles. The summed E-state index contributed by atoms with van der Waals surface area (Å²) in [5.74, 6) is -0.0567. The van der Waals surface area contributed by atoms with Crippen LogP contribution in [0.15, 0.2) is 0 Å². The van der Waals surface area contributed by atoms with Crippen LogP contribution in [0, 0.1) is 5.92 Å². The minimum absolute atomic E-state index is 0. The number of nitrogens with two attached hydrogens (primary N) is 1. The third-order valence-electron chi connectivity index (χ3n) is 4.57. The van der Waals surface area contributed by atoms with Gasteiger partial charge in [0, 0.05) is 45.2 Å². The lowest BCUT2D eigenvalue weighted by atomic mass is 9.94. The molecule has 0 saturated carbocycles. The predicted octanol–water partition coefficient (Wildman–Crippen LogP) is 0.631. The van der Waals surface area contributed by atoms with Crippen LogP contribution in [0.2, 0.25) is 0 Å². The SMILES string of the molecule is COCCN1CC(C(=O)N2CCCCC2C(C)N)CC1=O.Cl. The molecule has 7 heteroatoms. The van der Waals surface area contributed by atoms with Gasteiger partial charge in [-0.15, -0.1) is 12.4 Å². The molecule has 3 unspecified atom stereocenters. The summed E-state index contributed by atoms with van der Waals surface area (Å²) in [5, 5.41) is 0. The minimum atomic E-state index is -0.214. The van der Waals surface area contributed by atoms with E-state index in [0.717, 1.165) is 25.8 Å². The van der Waals surface area contributed by atoms with Crippen LogP contribution in [0.3, 0.4) is 0 Å². The van der Waals surface area contributed by atoms with E-state index in [1.165, 1.54) is 0 Å². The van der Waals surface area contributed by atoms with Gasteiger partial charge in [0.1, 0.15) is 0 Å². The van der Waals surface area contributed by atoms with Gasteiger partial charge in [-0.1, -0.05) is 0 Å².